The molecule has 1 aromatic carbocycles. The number of amides is 1. The van der Waals surface area contributed by atoms with Crippen LogP contribution in [0.2, 0.25) is 5.02 Å². The molecule has 0 aliphatic carbocycles. The molecule has 158 valence electrons. The van der Waals surface area contributed by atoms with Crippen molar-refractivity contribution in [1.82, 2.24) is 15.1 Å². The van der Waals surface area contributed by atoms with E-state index in [0.717, 1.165) is 28.1 Å². The number of aromatic nitrogens is 2. The van der Waals surface area contributed by atoms with Gasteiger partial charge in [-0.15, -0.1) is 11.3 Å². The topological polar surface area (TPSA) is 82.2 Å². The molecule has 1 amide bonds. The summed E-state index contributed by atoms with van der Waals surface area (Å²) in [5.74, 6) is -0.538. The molecule has 2 atom stereocenters. The number of benzene rings is 1. The smallest absolute Gasteiger partial charge is 0.261 e. The maximum Gasteiger partial charge on any atom is 0.261 e. The number of rotatable bonds is 6. The summed E-state index contributed by atoms with van der Waals surface area (Å²) in [4.78, 5) is 14.5. The van der Waals surface area contributed by atoms with Gasteiger partial charge in [0.2, 0.25) is 0 Å². The Kier molecular flexibility index (Phi) is 6.73. The Morgan fingerprint density at radius 2 is 2.33 bits per heavy atom. The molecule has 0 fully saturated rings. The van der Waals surface area contributed by atoms with Gasteiger partial charge < -0.3 is 14.1 Å². The van der Waals surface area contributed by atoms with Crippen LogP contribution < -0.4 is 11.1 Å². The van der Waals surface area contributed by atoms with Gasteiger partial charge in [0, 0.05) is 29.6 Å². The van der Waals surface area contributed by atoms with Gasteiger partial charge >= 0.3 is 0 Å². The van der Waals surface area contributed by atoms with Crippen molar-refractivity contribution in [1.29, 1.82) is 0 Å². The van der Waals surface area contributed by atoms with Crippen molar-refractivity contribution in [3.05, 3.63) is 62.7 Å². The highest BCUT2D eigenvalue weighted by Crippen LogP contribution is 2.44. The molecule has 0 radical (unpaired) electrons. The number of thiophene rings is 1. The zero-order valence-electron chi connectivity index (χ0n) is 15.8. The Labute approximate surface area is 196 Å². The molecule has 0 saturated heterocycles. The van der Waals surface area contributed by atoms with Crippen molar-refractivity contribution in [3.8, 4) is 11.3 Å². The minimum Gasteiger partial charge on any atom is -0.347 e. The first kappa shape index (κ1) is 21.7. The van der Waals surface area contributed by atoms with Crippen LogP contribution in [0.1, 0.15) is 32.6 Å². The Morgan fingerprint density at radius 1 is 1.50 bits per heavy atom. The molecule has 0 spiro atoms. The molecule has 0 bridgehead atoms. The first-order valence-corrected chi connectivity index (χ1v) is 11.5. The number of nitrogens with zero attached hydrogens (tertiary/aromatic N) is 2. The van der Waals surface area contributed by atoms with Gasteiger partial charge in [-0.1, -0.05) is 23.7 Å². The summed E-state index contributed by atoms with van der Waals surface area (Å²) < 4.78 is 20.9. The van der Waals surface area contributed by atoms with E-state index < -0.39 is 0 Å². The van der Waals surface area contributed by atoms with E-state index in [2.05, 4.69) is 10.4 Å². The molecule has 10 heteroatoms. The molecule has 3 heterocycles. The SMILES string of the molecule is NCC(Cc1cccc(F)c1)NC(=O)c1cc2c(s1)C(OI)CCn1ncc(Cl)c1-2. The van der Waals surface area contributed by atoms with Crippen molar-refractivity contribution in [2.75, 3.05) is 6.54 Å². The van der Waals surface area contributed by atoms with Gasteiger partial charge in [-0.05, 0) is 36.6 Å². The Hall–Kier alpha value is -1.53. The number of carbonyl (C=O) groups excluding carboxylic acids is 1. The summed E-state index contributed by atoms with van der Waals surface area (Å²) in [7, 11) is 0. The molecule has 0 saturated carbocycles. The molecule has 2 unspecified atom stereocenters. The fourth-order valence-electron chi connectivity index (χ4n) is 3.59. The second-order valence-corrected chi connectivity index (χ2v) is 9.06. The Balaban J connectivity index is 1.59. The largest absolute Gasteiger partial charge is 0.347 e. The van der Waals surface area contributed by atoms with E-state index in [4.69, 9.17) is 20.4 Å². The third kappa shape index (κ3) is 4.40. The van der Waals surface area contributed by atoms with Crippen LogP contribution in [0.5, 0.6) is 0 Å². The van der Waals surface area contributed by atoms with Crippen molar-refractivity contribution in [2.24, 2.45) is 5.73 Å². The molecule has 3 aromatic rings. The predicted molar refractivity (Wildman–Crippen MR) is 123 cm³/mol. The molecular formula is C20H19ClFIN4O2S. The summed E-state index contributed by atoms with van der Waals surface area (Å²) in [6, 6.07) is 7.82. The molecule has 30 heavy (non-hydrogen) atoms. The van der Waals surface area contributed by atoms with E-state index in [1.165, 1.54) is 23.5 Å². The lowest BCUT2D eigenvalue weighted by Gasteiger charge is -2.16. The molecule has 6 nitrogen and oxygen atoms in total. The molecular weight excluding hydrogens is 542 g/mol. The molecule has 1 aliphatic heterocycles. The van der Waals surface area contributed by atoms with E-state index in [1.54, 1.807) is 12.3 Å². The summed E-state index contributed by atoms with van der Waals surface area (Å²) in [5, 5.41) is 7.85. The molecule has 2 aromatic heterocycles. The van der Waals surface area contributed by atoms with E-state index in [9.17, 15) is 9.18 Å². The van der Waals surface area contributed by atoms with E-state index in [-0.39, 0.29) is 30.4 Å². The van der Waals surface area contributed by atoms with Crippen LogP contribution in [0.3, 0.4) is 0 Å². The second kappa shape index (κ2) is 9.31. The van der Waals surface area contributed by atoms with E-state index in [0.29, 0.717) is 22.9 Å². The van der Waals surface area contributed by atoms with Gasteiger partial charge in [0.15, 0.2) is 0 Å². The fraction of sp³-hybridized carbons (Fsp3) is 0.300. The first-order chi connectivity index (χ1) is 14.5. The van der Waals surface area contributed by atoms with Gasteiger partial charge in [-0.25, -0.2) is 4.39 Å². The van der Waals surface area contributed by atoms with Crippen molar-refractivity contribution in [3.63, 3.8) is 0 Å². The normalized spacial score (nSPS) is 16.5. The minimum absolute atomic E-state index is 0.150. The highest BCUT2D eigenvalue weighted by Gasteiger charge is 2.29. The highest BCUT2D eigenvalue weighted by atomic mass is 127. The van der Waals surface area contributed by atoms with Gasteiger partial charge in [0.1, 0.15) is 34.9 Å². The number of halogens is 3. The molecule has 4 rings (SSSR count). The average Bonchev–Trinajstić information content (AvgIpc) is 3.28. The Morgan fingerprint density at radius 3 is 3.07 bits per heavy atom. The van der Waals surface area contributed by atoms with Crippen LogP contribution >= 0.6 is 45.9 Å². The third-order valence-electron chi connectivity index (χ3n) is 5.03. The lowest BCUT2D eigenvalue weighted by atomic mass is 10.1. The van der Waals surface area contributed by atoms with Gasteiger partial charge in [-0.2, -0.15) is 5.10 Å². The highest BCUT2D eigenvalue weighted by molar-refractivity contribution is 14.1. The maximum absolute atomic E-state index is 13.5. The predicted octanol–water partition coefficient (Wildman–Crippen LogP) is 4.52. The van der Waals surface area contributed by atoms with Gasteiger partial charge in [-0.3, -0.25) is 9.48 Å². The summed E-state index contributed by atoms with van der Waals surface area (Å²) >= 11 is 9.65. The monoisotopic (exact) mass is 560 g/mol. The average molecular weight is 561 g/mol. The van der Waals surface area contributed by atoms with Crippen LogP contribution in [0.4, 0.5) is 4.39 Å². The van der Waals surface area contributed by atoms with Crippen LogP contribution in [0.15, 0.2) is 36.5 Å². The van der Waals surface area contributed by atoms with Crippen LogP contribution in [0, 0.1) is 5.82 Å². The number of hydrogen-bond acceptors (Lipinski definition) is 5. The van der Waals surface area contributed by atoms with Crippen LogP contribution in [0.25, 0.3) is 11.3 Å². The number of carbonyl (C=O) groups is 1. The van der Waals surface area contributed by atoms with Gasteiger partial charge in [0.25, 0.3) is 5.91 Å². The standard InChI is InChI=1S/C20H19ClFIN4O2S/c21-15-10-25-27-5-4-16(29-23)19-14(18(15)27)8-17(30-19)20(28)26-13(9-24)7-11-2-1-3-12(22)6-11/h1-3,6,8,10,13,16H,4-5,7,9,24H2,(H,26,28). The zero-order valence-corrected chi connectivity index (χ0v) is 19.5. The number of nitrogens with one attached hydrogen (secondary N) is 1. The number of aryl methyl sites for hydroxylation is 1. The van der Waals surface area contributed by atoms with E-state index in [1.807, 2.05) is 39.8 Å². The third-order valence-corrected chi connectivity index (χ3v) is 7.14. The first-order valence-electron chi connectivity index (χ1n) is 9.38. The minimum atomic E-state index is -0.313. The van der Waals surface area contributed by atoms with Crippen molar-refractivity contribution in [2.45, 2.75) is 31.5 Å². The van der Waals surface area contributed by atoms with E-state index >= 15 is 0 Å². The zero-order chi connectivity index (χ0) is 21.3. The lowest BCUT2D eigenvalue weighted by molar-refractivity contribution is 0.0942. The summed E-state index contributed by atoms with van der Waals surface area (Å²) in [5.41, 5.74) is 8.30. The maximum atomic E-state index is 13.5. The lowest BCUT2D eigenvalue weighted by Crippen LogP contribution is -2.41. The molecule has 1 aliphatic rings. The van der Waals surface area contributed by atoms with Crippen LogP contribution in [-0.2, 0) is 16.0 Å². The van der Waals surface area contributed by atoms with Crippen molar-refractivity contribution < 1.29 is 12.3 Å². The van der Waals surface area contributed by atoms with Crippen molar-refractivity contribution >= 4 is 51.9 Å². The molecule has 3 N–H and O–H groups in total. The number of nitrogens with two attached hydrogens (primary N) is 1. The number of hydrogen-bond donors (Lipinski definition) is 2. The summed E-state index contributed by atoms with van der Waals surface area (Å²) in [6.07, 6.45) is 2.64. The summed E-state index contributed by atoms with van der Waals surface area (Å²) in [6.45, 7) is 0.924. The quantitative estimate of drug-likeness (QED) is 0.435. The Bertz CT molecular complexity index is 1070. The fourth-order valence-corrected chi connectivity index (χ4v) is 5.65. The number of fused-ring (bicyclic) bond motifs is 3. The van der Waals surface area contributed by atoms with Gasteiger partial charge in [0.05, 0.1) is 21.8 Å². The second-order valence-electron chi connectivity index (χ2n) is 7.06. The van der Waals surface area contributed by atoms with Crippen LogP contribution in [-0.4, -0.2) is 28.3 Å².